The van der Waals surface area contributed by atoms with Gasteiger partial charge in [0.05, 0.1) is 23.1 Å². The van der Waals surface area contributed by atoms with Crippen LogP contribution in [-0.2, 0) is 14.8 Å². The van der Waals surface area contributed by atoms with E-state index in [2.05, 4.69) is 6.92 Å². The van der Waals surface area contributed by atoms with Crippen LogP contribution >= 0.6 is 11.6 Å². The van der Waals surface area contributed by atoms with Crippen LogP contribution in [0.1, 0.15) is 26.7 Å². The number of sulfonamides is 1. The van der Waals surface area contributed by atoms with Crippen LogP contribution in [0.25, 0.3) is 0 Å². The van der Waals surface area contributed by atoms with Crippen LogP contribution in [0.2, 0.25) is 5.02 Å². The fourth-order valence-corrected chi connectivity index (χ4v) is 4.17. The average molecular weight is 389 g/mol. The molecule has 1 aliphatic heterocycles. The molecule has 6 nitrogen and oxygen atoms in total. The van der Waals surface area contributed by atoms with Gasteiger partial charge in [-0.25, -0.2) is 8.42 Å². The summed E-state index contributed by atoms with van der Waals surface area (Å²) in [6.45, 7) is 5.61. The minimum atomic E-state index is -3.79. The Morgan fingerprint density at radius 1 is 1.36 bits per heavy atom. The first kappa shape index (κ1) is 20.0. The molecule has 1 amide bonds. The Hall–Kier alpha value is -1.31. The molecule has 2 rings (SSSR count). The van der Waals surface area contributed by atoms with Crippen LogP contribution in [0.4, 0.5) is 0 Å². The van der Waals surface area contributed by atoms with E-state index in [1.54, 1.807) is 4.90 Å². The van der Waals surface area contributed by atoms with Crippen molar-refractivity contribution in [1.29, 1.82) is 0 Å². The summed E-state index contributed by atoms with van der Waals surface area (Å²) in [5, 5.41) is 0.229. The molecule has 1 aromatic carbocycles. The fraction of sp³-hybridized carbons (Fsp3) is 0.588. The molecule has 0 saturated carbocycles. The molecular formula is C17H25ClN2O4S. The van der Waals surface area contributed by atoms with Crippen molar-refractivity contribution in [2.24, 2.45) is 5.92 Å². The van der Waals surface area contributed by atoms with Crippen molar-refractivity contribution in [3.8, 4) is 5.75 Å². The molecule has 140 valence electrons. The topological polar surface area (TPSA) is 66.9 Å². The Morgan fingerprint density at radius 2 is 2.00 bits per heavy atom. The van der Waals surface area contributed by atoms with Crippen LogP contribution in [0.3, 0.4) is 0 Å². The Balaban J connectivity index is 2.08. The average Bonchev–Trinajstić information content (AvgIpc) is 2.57. The molecule has 8 heteroatoms. The van der Waals surface area contributed by atoms with E-state index in [1.807, 2.05) is 6.92 Å². The van der Waals surface area contributed by atoms with Gasteiger partial charge in [0.1, 0.15) is 5.75 Å². The van der Waals surface area contributed by atoms with Crippen molar-refractivity contribution in [3.05, 3.63) is 23.2 Å². The van der Waals surface area contributed by atoms with E-state index in [1.165, 1.54) is 25.2 Å². The maximum absolute atomic E-state index is 12.7. The highest BCUT2D eigenvalue weighted by atomic mass is 35.5. The molecule has 1 fully saturated rings. The molecule has 1 saturated heterocycles. The molecule has 0 aliphatic carbocycles. The van der Waals surface area contributed by atoms with E-state index in [4.69, 9.17) is 16.3 Å². The number of halogens is 1. The van der Waals surface area contributed by atoms with Crippen LogP contribution in [0.15, 0.2) is 23.1 Å². The predicted octanol–water partition coefficient (Wildman–Crippen LogP) is 2.62. The van der Waals surface area contributed by atoms with Crippen LogP contribution in [0, 0.1) is 5.92 Å². The quantitative estimate of drug-likeness (QED) is 0.751. The van der Waals surface area contributed by atoms with Crippen molar-refractivity contribution < 1.29 is 17.9 Å². The molecule has 0 N–H and O–H groups in total. The van der Waals surface area contributed by atoms with Crippen molar-refractivity contribution in [3.63, 3.8) is 0 Å². The second-order valence-electron chi connectivity index (χ2n) is 6.35. The Morgan fingerprint density at radius 3 is 2.56 bits per heavy atom. The Kier molecular flexibility index (Phi) is 6.71. The standard InChI is InChI=1S/C17H25ClN2O4S/c1-4-24-16-6-5-14(11-15(16)18)25(22,23)19(3)12-17(21)20-9-7-13(2)8-10-20/h5-6,11,13H,4,7-10,12H2,1-3H3. The van der Waals surface area contributed by atoms with Crippen LogP contribution in [-0.4, -0.2) is 56.8 Å². The first-order valence-corrected chi connectivity index (χ1v) is 10.2. The largest absolute Gasteiger partial charge is 0.492 e. The zero-order valence-electron chi connectivity index (χ0n) is 14.9. The van der Waals surface area contributed by atoms with Gasteiger partial charge in [-0.15, -0.1) is 0 Å². The number of amides is 1. The van der Waals surface area contributed by atoms with Gasteiger partial charge in [0.15, 0.2) is 0 Å². The molecule has 25 heavy (non-hydrogen) atoms. The van der Waals surface area contributed by atoms with Gasteiger partial charge in [0, 0.05) is 20.1 Å². The Labute approximate surface area is 154 Å². The lowest BCUT2D eigenvalue weighted by Gasteiger charge is -2.31. The summed E-state index contributed by atoms with van der Waals surface area (Å²) in [5.41, 5.74) is 0. The zero-order valence-corrected chi connectivity index (χ0v) is 16.4. The number of benzene rings is 1. The highest BCUT2D eigenvalue weighted by Crippen LogP contribution is 2.28. The second-order valence-corrected chi connectivity index (χ2v) is 8.80. The van der Waals surface area contributed by atoms with E-state index < -0.39 is 10.0 Å². The summed E-state index contributed by atoms with van der Waals surface area (Å²) < 4.78 is 31.7. The molecule has 0 aromatic heterocycles. The number of carbonyl (C=O) groups is 1. The highest BCUT2D eigenvalue weighted by Gasteiger charge is 2.27. The van der Waals surface area contributed by atoms with E-state index in [0.29, 0.717) is 31.4 Å². The number of hydrogen-bond acceptors (Lipinski definition) is 4. The summed E-state index contributed by atoms with van der Waals surface area (Å²) in [5.74, 6) is 0.871. The lowest BCUT2D eigenvalue weighted by atomic mass is 9.99. The third-order valence-electron chi connectivity index (χ3n) is 4.41. The minimum Gasteiger partial charge on any atom is -0.492 e. The summed E-state index contributed by atoms with van der Waals surface area (Å²) in [6, 6.07) is 4.32. The van der Waals surface area contributed by atoms with Crippen molar-refractivity contribution in [2.75, 3.05) is 33.3 Å². The normalized spacial score (nSPS) is 16.3. The number of piperidine rings is 1. The Bertz CT molecular complexity index is 715. The van der Waals surface area contributed by atoms with Gasteiger partial charge in [0.25, 0.3) is 0 Å². The molecule has 0 spiro atoms. The van der Waals surface area contributed by atoms with Gasteiger partial charge in [0.2, 0.25) is 15.9 Å². The van der Waals surface area contributed by atoms with Crippen molar-refractivity contribution in [1.82, 2.24) is 9.21 Å². The third kappa shape index (κ3) is 4.86. The third-order valence-corrected chi connectivity index (χ3v) is 6.50. The van der Waals surface area contributed by atoms with Gasteiger partial charge in [-0.2, -0.15) is 4.31 Å². The van der Waals surface area contributed by atoms with Gasteiger partial charge < -0.3 is 9.64 Å². The number of ether oxygens (including phenoxy) is 1. The first-order valence-electron chi connectivity index (χ1n) is 8.42. The number of likely N-dealkylation sites (N-methyl/N-ethyl adjacent to an activating group) is 1. The second kappa shape index (κ2) is 8.38. The van der Waals surface area contributed by atoms with Gasteiger partial charge in [-0.05, 0) is 43.9 Å². The summed E-state index contributed by atoms with van der Waals surface area (Å²) >= 11 is 6.08. The number of hydrogen-bond donors (Lipinski definition) is 0. The molecule has 1 aliphatic rings. The van der Waals surface area contributed by atoms with E-state index in [0.717, 1.165) is 17.1 Å². The maximum atomic E-state index is 12.7. The first-order chi connectivity index (χ1) is 11.8. The fourth-order valence-electron chi connectivity index (χ4n) is 2.73. The lowest BCUT2D eigenvalue weighted by molar-refractivity contribution is -0.132. The summed E-state index contributed by atoms with van der Waals surface area (Å²) in [4.78, 5) is 14.2. The molecular weight excluding hydrogens is 364 g/mol. The maximum Gasteiger partial charge on any atom is 0.243 e. The van der Waals surface area contributed by atoms with Gasteiger partial charge >= 0.3 is 0 Å². The van der Waals surface area contributed by atoms with E-state index in [-0.39, 0.29) is 22.4 Å². The highest BCUT2D eigenvalue weighted by molar-refractivity contribution is 7.89. The van der Waals surface area contributed by atoms with Crippen molar-refractivity contribution >= 4 is 27.5 Å². The predicted molar refractivity (Wildman–Crippen MR) is 97.4 cm³/mol. The number of likely N-dealkylation sites (tertiary alicyclic amines) is 1. The summed E-state index contributed by atoms with van der Waals surface area (Å²) in [7, 11) is -2.38. The number of nitrogens with zero attached hydrogens (tertiary/aromatic N) is 2. The molecule has 0 bridgehead atoms. The summed E-state index contributed by atoms with van der Waals surface area (Å²) in [6.07, 6.45) is 1.91. The van der Waals surface area contributed by atoms with Crippen LogP contribution in [0.5, 0.6) is 5.75 Å². The lowest BCUT2D eigenvalue weighted by Crippen LogP contribution is -2.44. The van der Waals surface area contributed by atoms with Crippen molar-refractivity contribution in [2.45, 2.75) is 31.6 Å². The van der Waals surface area contributed by atoms with Gasteiger partial charge in [-0.3, -0.25) is 4.79 Å². The van der Waals surface area contributed by atoms with Gasteiger partial charge in [-0.1, -0.05) is 18.5 Å². The minimum absolute atomic E-state index is 0.0449. The van der Waals surface area contributed by atoms with Crippen LogP contribution < -0.4 is 4.74 Å². The molecule has 0 radical (unpaired) electrons. The number of rotatable bonds is 6. The monoisotopic (exact) mass is 388 g/mol. The molecule has 0 unspecified atom stereocenters. The molecule has 0 atom stereocenters. The number of carbonyl (C=O) groups excluding carboxylic acids is 1. The van der Waals surface area contributed by atoms with E-state index in [9.17, 15) is 13.2 Å². The SMILES string of the molecule is CCOc1ccc(S(=O)(=O)N(C)CC(=O)N2CCC(C)CC2)cc1Cl. The smallest absolute Gasteiger partial charge is 0.243 e. The van der Waals surface area contributed by atoms with E-state index >= 15 is 0 Å². The molecule has 1 heterocycles. The molecule has 1 aromatic rings. The zero-order chi connectivity index (χ0) is 18.6.